The number of halogens is 2. The molecule has 15 heavy (non-hydrogen) atoms. The van der Waals surface area contributed by atoms with E-state index in [-0.39, 0.29) is 6.10 Å². The lowest BCUT2D eigenvalue weighted by molar-refractivity contribution is 0.112. The molecular formula is C11H12I2O2. The number of carbonyl (C=O) groups is 1. The lowest BCUT2D eigenvalue weighted by Crippen LogP contribution is -2.11. The van der Waals surface area contributed by atoms with E-state index in [0.29, 0.717) is 5.56 Å². The molecule has 1 aromatic carbocycles. The third kappa shape index (κ3) is 3.58. The molecule has 0 spiro atoms. The Morgan fingerprint density at radius 3 is 2.33 bits per heavy atom. The minimum Gasteiger partial charge on any atom is -0.489 e. The zero-order chi connectivity index (χ0) is 11.4. The van der Waals surface area contributed by atoms with E-state index in [1.165, 1.54) is 0 Å². The van der Waals surface area contributed by atoms with E-state index < -0.39 is 0 Å². The summed E-state index contributed by atoms with van der Waals surface area (Å²) < 4.78 is 7.77. The van der Waals surface area contributed by atoms with E-state index >= 15 is 0 Å². The Morgan fingerprint density at radius 1 is 1.40 bits per heavy atom. The Morgan fingerprint density at radius 2 is 1.93 bits per heavy atom. The van der Waals surface area contributed by atoms with E-state index in [4.69, 9.17) is 4.74 Å². The number of aldehydes is 1. The first-order chi connectivity index (χ1) is 7.08. The molecule has 1 unspecified atom stereocenters. The average molecular weight is 430 g/mol. The van der Waals surface area contributed by atoms with E-state index in [2.05, 4.69) is 52.1 Å². The SMILES string of the molecule is CCC(C)Oc1c(I)cc(C=O)cc1I. The summed E-state index contributed by atoms with van der Waals surface area (Å²) in [6.45, 7) is 4.13. The van der Waals surface area contributed by atoms with Crippen molar-refractivity contribution < 1.29 is 9.53 Å². The van der Waals surface area contributed by atoms with Crippen molar-refractivity contribution in [3.05, 3.63) is 24.8 Å². The summed E-state index contributed by atoms with van der Waals surface area (Å²) in [6.07, 6.45) is 2.04. The van der Waals surface area contributed by atoms with Crippen LogP contribution in [0.1, 0.15) is 30.6 Å². The van der Waals surface area contributed by atoms with E-state index in [0.717, 1.165) is 25.6 Å². The molecule has 0 bridgehead atoms. The number of rotatable bonds is 4. The zero-order valence-corrected chi connectivity index (χ0v) is 12.9. The molecule has 1 rings (SSSR count). The Kier molecular flexibility index (Phi) is 5.31. The summed E-state index contributed by atoms with van der Waals surface area (Å²) in [7, 11) is 0. The predicted octanol–water partition coefficient (Wildman–Crippen LogP) is 3.89. The maximum atomic E-state index is 10.7. The fourth-order valence-corrected chi connectivity index (χ4v) is 3.12. The molecule has 2 nitrogen and oxygen atoms in total. The molecule has 0 N–H and O–H groups in total. The highest BCUT2D eigenvalue weighted by atomic mass is 127. The third-order valence-corrected chi connectivity index (χ3v) is 3.65. The summed E-state index contributed by atoms with van der Waals surface area (Å²) in [4.78, 5) is 10.7. The summed E-state index contributed by atoms with van der Waals surface area (Å²) in [6, 6.07) is 3.68. The Labute approximate surface area is 117 Å². The van der Waals surface area contributed by atoms with Crippen LogP contribution < -0.4 is 4.74 Å². The molecule has 0 heterocycles. The quantitative estimate of drug-likeness (QED) is 0.536. The minimum atomic E-state index is 0.203. The second-order valence-corrected chi connectivity index (χ2v) is 5.59. The van der Waals surface area contributed by atoms with Crippen LogP contribution in [0, 0.1) is 7.14 Å². The Hall–Kier alpha value is 0.150. The first-order valence-electron chi connectivity index (χ1n) is 4.69. The van der Waals surface area contributed by atoms with Crippen molar-refractivity contribution in [2.45, 2.75) is 26.4 Å². The topological polar surface area (TPSA) is 26.3 Å². The number of hydrogen-bond acceptors (Lipinski definition) is 2. The number of carbonyl (C=O) groups excluding carboxylic acids is 1. The smallest absolute Gasteiger partial charge is 0.150 e. The van der Waals surface area contributed by atoms with Crippen LogP contribution >= 0.6 is 45.2 Å². The number of hydrogen-bond donors (Lipinski definition) is 0. The van der Waals surface area contributed by atoms with Crippen LogP contribution in [0.15, 0.2) is 12.1 Å². The second kappa shape index (κ2) is 6.03. The van der Waals surface area contributed by atoms with Crippen molar-refractivity contribution in [3.63, 3.8) is 0 Å². The molecule has 82 valence electrons. The van der Waals surface area contributed by atoms with Crippen molar-refractivity contribution >= 4 is 51.5 Å². The Balaban J connectivity index is 3.02. The first kappa shape index (κ1) is 13.2. The van der Waals surface area contributed by atoms with Crippen molar-refractivity contribution in [2.24, 2.45) is 0 Å². The molecule has 0 radical (unpaired) electrons. The van der Waals surface area contributed by atoms with Gasteiger partial charge in [0.1, 0.15) is 12.0 Å². The highest BCUT2D eigenvalue weighted by molar-refractivity contribution is 14.1. The number of ether oxygens (including phenoxy) is 1. The van der Waals surface area contributed by atoms with Gasteiger partial charge in [-0.2, -0.15) is 0 Å². The van der Waals surface area contributed by atoms with Crippen LogP contribution in [-0.4, -0.2) is 12.4 Å². The van der Waals surface area contributed by atoms with Gasteiger partial charge >= 0.3 is 0 Å². The monoisotopic (exact) mass is 430 g/mol. The van der Waals surface area contributed by atoms with Crippen LogP contribution in [0.2, 0.25) is 0 Å². The van der Waals surface area contributed by atoms with Crippen molar-refractivity contribution in [1.29, 1.82) is 0 Å². The highest BCUT2D eigenvalue weighted by Crippen LogP contribution is 2.29. The summed E-state index contributed by atoms with van der Waals surface area (Å²) in [5.41, 5.74) is 0.695. The van der Waals surface area contributed by atoms with Crippen LogP contribution in [0.25, 0.3) is 0 Å². The Bertz CT molecular complexity index is 341. The van der Waals surface area contributed by atoms with E-state index in [1.54, 1.807) is 0 Å². The van der Waals surface area contributed by atoms with Crippen molar-refractivity contribution in [1.82, 2.24) is 0 Å². The van der Waals surface area contributed by atoms with Crippen LogP contribution in [-0.2, 0) is 0 Å². The van der Waals surface area contributed by atoms with Gasteiger partial charge in [0.05, 0.1) is 13.2 Å². The molecule has 0 fully saturated rings. The average Bonchev–Trinajstić information content (AvgIpc) is 2.22. The van der Waals surface area contributed by atoms with E-state index in [1.807, 2.05) is 19.1 Å². The van der Waals surface area contributed by atoms with Gasteiger partial charge in [-0.15, -0.1) is 0 Å². The molecule has 0 saturated carbocycles. The summed E-state index contributed by atoms with van der Waals surface area (Å²) in [5.74, 6) is 0.885. The zero-order valence-electron chi connectivity index (χ0n) is 8.59. The van der Waals surface area contributed by atoms with Gasteiger partial charge in [-0.3, -0.25) is 4.79 Å². The molecule has 0 aliphatic carbocycles. The fourth-order valence-electron chi connectivity index (χ4n) is 1.04. The molecule has 1 aromatic rings. The van der Waals surface area contributed by atoms with Gasteiger partial charge in [0, 0.05) is 5.56 Å². The molecular weight excluding hydrogens is 418 g/mol. The number of benzene rings is 1. The lowest BCUT2D eigenvalue weighted by Gasteiger charge is -2.15. The van der Waals surface area contributed by atoms with Gasteiger partial charge in [0.15, 0.2) is 0 Å². The van der Waals surface area contributed by atoms with Gasteiger partial charge in [0.25, 0.3) is 0 Å². The molecule has 0 aromatic heterocycles. The minimum absolute atomic E-state index is 0.203. The van der Waals surface area contributed by atoms with Gasteiger partial charge in [-0.25, -0.2) is 0 Å². The standard InChI is InChI=1S/C11H12I2O2/c1-3-7(2)15-11-9(12)4-8(6-14)5-10(11)13/h4-7H,3H2,1-2H3. The third-order valence-electron chi connectivity index (χ3n) is 2.05. The molecule has 0 saturated heterocycles. The molecule has 1 atom stereocenters. The predicted molar refractivity (Wildman–Crippen MR) is 77.6 cm³/mol. The lowest BCUT2D eigenvalue weighted by atomic mass is 10.2. The van der Waals surface area contributed by atoms with Gasteiger partial charge < -0.3 is 4.74 Å². The van der Waals surface area contributed by atoms with Crippen molar-refractivity contribution in [3.8, 4) is 5.75 Å². The van der Waals surface area contributed by atoms with Crippen LogP contribution in [0.5, 0.6) is 5.75 Å². The van der Waals surface area contributed by atoms with Crippen molar-refractivity contribution in [2.75, 3.05) is 0 Å². The molecule has 0 aliphatic heterocycles. The fraction of sp³-hybridized carbons (Fsp3) is 0.364. The normalized spacial score (nSPS) is 12.3. The highest BCUT2D eigenvalue weighted by Gasteiger charge is 2.11. The van der Waals surface area contributed by atoms with E-state index in [9.17, 15) is 4.79 Å². The van der Waals surface area contributed by atoms with Gasteiger partial charge in [0.2, 0.25) is 0 Å². The first-order valence-corrected chi connectivity index (χ1v) is 6.85. The molecule has 0 amide bonds. The summed E-state index contributed by atoms with van der Waals surface area (Å²) >= 11 is 4.39. The molecule has 4 heteroatoms. The maximum absolute atomic E-state index is 10.7. The van der Waals surface area contributed by atoms with Gasteiger partial charge in [-0.05, 0) is 70.7 Å². The van der Waals surface area contributed by atoms with Crippen LogP contribution in [0.3, 0.4) is 0 Å². The maximum Gasteiger partial charge on any atom is 0.150 e. The largest absolute Gasteiger partial charge is 0.489 e. The van der Waals surface area contributed by atoms with Crippen LogP contribution in [0.4, 0.5) is 0 Å². The second-order valence-electron chi connectivity index (χ2n) is 3.27. The van der Waals surface area contributed by atoms with Gasteiger partial charge in [-0.1, -0.05) is 6.92 Å². The summed E-state index contributed by atoms with van der Waals surface area (Å²) in [5, 5.41) is 0. The molecule has 0 aliphatic rings.